The highest BCUT2D eigenvalue weighted by Gasteiger charge is 2.16. The topological polar surface area (TPSA) is 73.7 Å². The maximum Gasteiger partial charge on any atom is 0.203 e. The van der Waals surface area contributed by atoms with Gasteiger partial charge in [-0.1, -0.05) is 6.07 Å². The summed E-state index contributed by atoms with van der Waals surface area (Å²) in [7, 11) is 4.79. The molecule has 0 aliphatic heterocycles. The van der Waals surface area contributed by atoms with Gasteiger partial charge in [-0.2, -0.15) is 5.10 Å². The number of H-pyrrole nitrogens is 1. The predicted octanol–water partition coefficient (Wildman–Crippen LogP) is 4.57. The molecule has 3 heterocycles. The van der Waals surface area contributed by atoms with E-state index in [9.17, 15) is 0 Å². The first-order valence-electron chi connectivity index (χ1n) is 9.44. The van der Waals surface area contributed by atoms with Gasteiger partial charge in [-0.15, -0.1) is 0 Å². The Morgan fingerprint density at radius 3 is 2.37 bits per heavy atom. The Hall–Kier alpha value is -4.00. The lowest BCUT2D eigenvalue weighted by Gasteiger charge is -2.14. The Balaban J connectivity index is 1.66. The molecule has 0 radical (unpaired) electrons. The largest absolute Gasteiger partial charge is 0.493 e. The molecule has 2 aromatic carbocycles. The minimum atomic E-state index is 0.549. The van der Waals surface area contributed by atoms with Crippen LogP contribution in [0.2, 0.25) is 0 Å². The Labute approximate surface area is 172 Å². The first kappa shape index (κ1) is 18.1. The first-order chi connectivity index (χ1) is 14.7. The average molecular weight is 400 g/mol. The van der Waals surface area contributed by atoms with Crippen LogP contribution in [0.4, 0.5) is 0 Å². The third kappa shape index (κ3) is 2.83. The second kappa shape index (κ2) is 7.11. The van der Waals surface area contributed by atoms with Crippen molar-refractivity contribution in [2.45, 2.75) is 0 Å². The summed E-state index contributed by atoms with van der Waals surface area (Å²) in [4.78, 5) is 7.73. The van der Waals surface area contributed by atoms with Crippen LogP contribution in [0.25, 0.3) is 39.1 Å². The number of benzene rings is 2. The molecule has 3 aromatic heterocycles. The Kier molecular flexibility index (Phi) is 4.28. The van der Waals surface area contributed by atoms with Crippen molar-refractivity contribution in [1.29, 1.82) is 0 Å². The van der Waals surface area contributed by atoms with E-state index in [1.807, 2.05) is 41.2 Å². The van der Waals surface area contributed by atoms with E-state index in [0.717, 1.165) is 39.1 Å². The fraction of sp³-hybridized carbons (Fsp3) is 0.130. The van der Waals surface area contributed by atoms with Gasteiger partial charge in [-0.05, 0) is 42.5 Å². The third-order valence-corrected chi connectivity index (χ3v) is 5.17. The molecule has 5 aromatic rings. The molecular formula is C23H20N4O3. The number of hydrogen-bond donors (Lipinski definition) is 1. The number of nitrogens with one attached hydrogen (secondary N) is 1. The molecule has 0 fully saturated rings. The van der Waals surface area contributed by atoms with Crippen molar-refractivity contribution in [2.75, 3.05) is 21.3 Å². The van der Waals surface area contributed by atoms with Crippen LogP contribution in [0.1, 0.15) is 0 Å². The fourth-order valence-electron chi connectivity index (χ4n) is 3.67. The highest BCUT2D eigenvalue weighted by Crippen LogP contribution is 2.40. The molecule has 0 saturated carbocycles. The van der Waals surface area contributed by atoms with Gasteiger partial charge in [0.2, 0.25) is 5.75 Å². The lowest BCUT2D eigenvalue weighted by Crippen LogP contribution is -1.99. The average Bonchev–Trinajstić information content (AvgIpc) is 3.43. The molecule has 30 heavy (non-hydrogen) atoms. The van der Waals surface area contributed by atoms with Gasteiger partial charge in [0.15, 0.2) is 17.1 Å². The van der Waals surface area contributed by atoms with Gasteiger partial charge < -0.3 is 19.2 Å². The number of ether oxygens (including phenoxy) is 3. The molecule has 5 rings (SSSR count). The van der Waals surface area contributed by atoms with E-state index in [1.54, 1.807) is 21.3 Å². The molecule has 1 N–H and O–H groups in total. The summed E-state index contributed by atoms with van der Waals surface area (Å²) in [6, 6.07) is 16.0. The van der Waals surface area contributed by atoms with Crippen molar-refractivity contribution in [3.63, 3.8) is 0 Å². The van der Waals surface area contributed by atoms with E-state index in [0.29, 0.717) is 17.2 Å². The molecule has 0 aliphatic rings. The summed E-state index contributed by atoms with van der Waals surface area (Å²) in [5.41, 5.74) is 5.45. The molecule has 7 nitrogen and oxygen atoms in total. The van der Waals surface area contributed by atoms with Gasteiger partial charge in [0, 0.05) is 28.2 Å². The maximum atomic E-state index is 5.48. The van der Waals surface area contributed by atoms with E-state index in [2.05, 4.69) is 34.2 Å². The van der Waals surface area contributed by atoms with Crippen LogP contribution >= 0.6 is 0 Å². The van der Waals surface area contributed by atoms with Crippen LogP contribution in [0, 0.1) is 0 Å². The maximum absolute atomic E-state index is 5.48. The standard InChI is InChI=1S/C23H20N4O3/c1-28-20-11-16(12-21(29-2)23(20)30-3)18-6-7-22-25-13-19(27(22)26-18)15-4-5-17-14(10-15)8-9-24-17/h4-13,24H,1-3H3. The highest BCUT2D eigenvalue weighted by molar-refractivity contribution is 5.84. The van der Waals surface area contributed by atoms with Crippen LogP contribution in [0.3, 0.4) is 0 Å². The van der Waals surface area contributed by atoms with Gasteiger partial charge in [-0.25, -0.2) is 9.50 Å². The fourth-order valence-corrected chi connectivity index (χ4v) is 3.67. The summed E-state index contributed by atoms with van der Waals surface area (Å²) in [5, 5.41) is 5.99. The van der Waals surface area contributed by atoms with Gasteiger partial charge in [0.25, 0.3) is 0 Å². The number of rotatable bonds is 5. The molecular weight excluding hydrogens is 380 g/mol. The van der Waals surface area contributed by atoms with Crippen molar-refractivity contribution in [1.82, 2.24) is 19.6 Å². The van der Waals surface area contributed by atoms with E-state index in [-0.39, 0.29) is 0 Å². The van der Waals surface area contributed by atoms with Crippen LogP contribution in [-0.2, 0) is 0 Å². The van der Waals surface area contributed by atoms with Gasteiger partial charge in [0.1, 0.15) is 0 Å². The van der Waals surface area contributed by atoms with Crippen LogP contribution in [0.5, 0.6) is 17.2 Å². The third-order valence-electron chi connectivity index (χ3n) is 5.17. The minimum Gasteiger partial charge on any atom is -0.493 e. The SMILES string of the molecule is COc1cc(-c2ccc3ncc(-c4ccc5[nH]ccc5c4)n3n2)cc(OC)c1OC. The Morgan fingerprint density at radius 2 is 1.63 bits per heavy atom. The van der Waals surface area contributed by atoms with E-state index < -0.39 is 0 Å². The zero-order chi connectivity index (χ0) is 20.7. The van der Waals surface area contributed by atoms with Crippen molar-refractivity contribution >= 4 is 16.6 Å². The first-order valence-corrected chi connectivity index (χ1v) is 9.44. The quantitative estimate of drug-likeness (QED) is 0.468. The van der Waals surface area contributed by atoms with Gasteiger partial charge in [0.05, 0.1) is 38.9 Å². The second-order valence-corrected chi connectivity index (χ2v) is 6.83. The van der Waals surface area contributed by atoms with Crippen LogP contribution in [0.15, 0.2) is 60.9 Å². The molecule has 0 bridgehead atoms. The Bertz CT molecular complexity index is 1340. The van der Waals surface area contributed by atoms with Crippen molar-refractivity contribution < 1.29 is 14.2 Å². The van der Waals surface area contributed by atoms with E-state index in [1.165, 1.54) is 0 Å². The lowest BCUT2D eigenvalue weighted by molar-refractivity contribution is 0.324. The minimum absolute atomic E-state index is 0.549. The molecule has 0 unspecified atom stereocenters. The van der Waals surface area contributed by atoms with E-state index >= 15 is 0 Å². The highest BCUT2D eigenvalue weighted by atomic mass is 16.5. The van der Waals surface area contributed by atoms with Crippen LogP contribution < -0.4 is 14.2 Å². The van der Waals surface area contributed by atoms with E-state index in [4.69, 9.17) is 19.3 Å². The number of imidazole rings is 1. The number of methoxy groups -OCH3 is 3. The molecule has 0 saturated heterocycles. The summed E-state index contributed by atoms with van der Waals surface area (Å²) in [6.45, 7) is 0. The zero-order valence-electron chi connectivity index (χ0n) is 16.8. The molecule has 0 atom stereocenters. The number of aromatic amines is 1. The molecule has 0 amide bonds. The summed E-state index contributed by atoms with van der Waals surface area (Å²) >= 11 is 0. The number of nitrogens with zero attached hydrogens (tertiary/aromatic N) is 3. The zero-order valence-corrected chi connectivity index (χ0v) is 16.8. The molecule has 0 spiro atoms. The van der Waals surface area contributed by atoms with Crippen molar-refractivity contribution in [3.05, 3.63) is 60.9 Å². The van der Waals surface area contributed by atoms with Crippen molar-refractivity contribution in [2.24, 2.45) is 0 Å². The smallest absolute Gasteiger partial charge is 0.203 e. The van der Waals surface area contributed by atoms with Gasteiger partial charge in [-0.3, -0.25) is 0 Å². The summed E-state index contributed by atoms with van der Waals surface area (Å²) in [6.07, 6.45) is 3.78. The lowest BCUT2D eigenvalue weighted by atomic mass is 10.1. The number of fused-ring (bicyclic) bond motifs is 2. The predicted molar refractivity (Wildman–Crippen MR) is 115 cm³/mol. The monoisotopic (exact) mass is 400 g/mol. The molecule has 7 heteroatoms. The summed E-state index contributed by atoms with van der Waals surface area (Å²) < 4.78 is 18.2. The normalized spacial score (nSPS) is 11.2. The molecule has 0 aliphatic carbocycles. The number of aromatic nitrogens is 4. The van der Waals surface area contributed by atoms with Gasteiger partial charge >= 0.3 is 0 Å². The Morgan fingerprint density at radius 1 is 0.833 bits per heavy atom. The van der Waals surface area contributed by atoms with Crippen molar-refractivity contribution in [3.8, 4) is 39.8 Å². The number of hydrogen-bond acceptors (Lipinski definition) is 5. The summed E-state index contributed by atoms with van der Waals surface area (Å²) in [5.74, 6) is 1.71. The molecule has 150 valence electrons. The van der Waals surface area contributed by atoms with Crippen LogP contribution in [-0.4, -0.2) is 40.9 Å². The second-order valence-electron chi connectivity index (χ2n) is 6.83.